The van der Waals surface area contributed by atoms with Crippen molar-refractivity contribution in [3.05, 3.63) is 11.3 Å². The number of carboxylic acid groups (broad SMARTS) is 1. The van der Waals surface area contributed by atoms with Crippen LogP contribution in [0, 0.1) is 0 Å². The minimum atomic E-state index is -0.889. The Bertz CT molecular complexity index is 391. The Kier molecular flexibility index (Phi) is 1.51. The highest BCUT2D eigenvalue weighted by molar-refractivity contribution is 7.16. The number of fused-ring (bicyclic) bond motifs is 1. The lowest BCUT2D eigenvalue weighted by atomic mass is 10.5. The smallest absolute Gasteiger partial charge is 0.310 e. The highest BCUT2D eigenvalue weighted by atomic mass is 32.1. The van der Waals surface area contributed by atoms with Crippen LogP contribution in [0.3, 0.4) is 0 Å². The Labute approximate surface area is 70.5 Å². The van der Waals surface area contributed by atoms with Crippen LogP contribution in [0.2, 0.25) is 0 Å². The first-order valence-electron chi connectivity index (χ1n) is 3.13. The summed E-state index contributed by atoms with van der Waals surface area (Å²) >= 11 is 1.23. The molecule has 0 aliphatic rings. The van der Waals surface area contributed by atoms with Crippen molar-refractivity contribution in [3.8, 4) is 0 Å². The van der Waals surface area contributed by atoms with Crippen molar-refractivity contribution in [1.29, 1.82) is 0 Å². The van der Waals surface area contributed by atoms with Crippen LogP contribution >= 0.6 is 11.3 Å². The van der Waals surface area contributed by atoms with Gasteiger partial charge in [0.25, 0.3) is 0 Å². The molecular weight excluding hydrogens is 180 g/mol. The van der Waals surface area contributed by atoms with Gasteiger partial charge in [-0.05, 0) is 0 Å². The molecule has 2 aromatic rings. The average Bonchev–Trinajstić information content (AvgIpc) is 2.43. The molecule has 0 aliphatic carbocycles. The van der Waals surface area contributed by atoms with E-state index in [1.165, 1.54) is 22.2 Å². The number of aromatic nitrogens is 4. The molecule has 0 amide bonds. The molecule has 0 bridgehead atoms. The van der Waals surface area contributed by atoms with E-state index >= 15 is 0 Å². The predicted octanol–water partition coefficient (Wildman–Crippen LogP) is -0.187. The third-order valence-electron chi connectivity index (χ3n) is 1.23. The number of aliphatic carboxylic acids is 1. The van der Waals surface area contributed by atoms with Crippen molar-refractivity contribution in [2.24, 2.45) is 0 Å². The van der Waals surface area contributed by atoms with Crippen LogP contribution in [0.4, 0.5) is 0 Å². The van der Waals surface area contributed by atoms with Crippen molar-refractivity contribution in [3.63, 3.8) is 0 Å². The molecule has 0 aliphatic heterocycles. The van der Waals surface area contributed by atoms with Crippen molar-refractivity contribution >= 4 is 22.3 Å². The van der Waals surface area contributed by atoms with Gasteiger partial charge in [-0.1, -0.05) is 11.3 Å². The second-order valence-electron chi connectivity index (χ2n) is 2.12. The molecule has 6 nitrogen and oxygen atoms in total. The lowest BCUT2D eigenvalue weighted by molar-refractivity contribution is -0.136. The average molecular weight is 184 g/mol. The molecule has 0 fully saturated rings. The Hall–Kier alpha value is -1.50. The van der Waals surface area contributed by atoms with E-state index in [0.29, 0.717) is 9.97 Å². The highest BCUT2D eigenvalue weighted by Crippen LogP contribution is 2.11. The summed E-state index contributed by atoms with van der Waals surface area (Å²) in [5, 5.41) is 20.2. The van der Waals surface area contributed by atoms with E-state index in [1.807, 2.05) is 0 Å². The van der Waals surface area contributed by atoms with E-state index in [-0.39, 0.29) is 6.42 Å². The highest BCUT2D eigenvalue weighted by Gasteiger charge is 2.07. The maximum Gasteiger partial charge on any atom is 0.310 e. The molecule has 2 heterocycles. The molecule has 0 atom stereocenters. The summed E-state index contributed by atoms with van der Waals surface area (Å²) in [6, 6.07) is 0. The molecule has 12 heavy (non-hydrogen) atoms. The van der Waals surface area contributed by atoms with Gasteiger partial charge in [0.1, 0.15) is 11.3 Å². The van der Waals surface area contributed by atoms with Gasteiger partial charge in [0.15, 0.2) is 0 Å². The summed E-state index contributed by atoms with van der Waals surface area (Å²) in [6.07, 6.45) is 1.38. The number of rotatable bonds is 2. The molecule has 2 rings (SSSR count). The fourth-order valence-electron chi connectivity index (χ4n) is 0.802. The van der Waals surface area contributed by atoms with Crippen LogP contribution in [0.25, 0.3) is 4.96 Å². The molecule has 1 N–H and O–H groups in total. The zero-order chi connectivity index (χ0) is 8.55. The van der Waals surface area contributed by atoms with Gasteiger partial charge < -0.3 is 5.11 Å². The monoisotopic (exact) mass is 184 g/mol. The number of nitrogens with zero attached hydrogens (tertiary/aromatic N) is 4. The second kappa shape index (κ2) is 2.52. The first-order valence-corrected chi connectivity index (χ1v) is 3.95. The molecule has 0 spiro atoms. The van der Waals surface area contributed by atoms with Gasteiger partial charge >= 0.3 is 5.97 Å². The molecule has 0 aromatic carbocycles. The molecule has 62 valence electrons. The van der Waals surface area contributed by atoms with Crippen molar-refractivity contribution < 1.29 is 9.90 Å². The Morgan fingerprint density at radius 2 is 2.58 bits per heavy atom. The van der Waals surface area contributed by atoms with Gasteiger partial charge in [0, 0.05) is 0 Å². The largest absolute Gasteiger partial charge is 0.481 e. The summed E-state index contributed by atoms with van der Waals surface area (Å²) in [5.74, 6) is -0.889. The Morgan fingerprint density at radius 3 is 3.25 bits per heavy atom. The molecule has 0 saturated carbocycles. The summed E-state index contributed by atoms with van der Waals surface area (Å²) in [4.78, 5) is 10.9. The van der Waals surface area contributed by atoms with Gasteiger partial charge in [-0.25, -0.2) is 0 Å². The minimum absolute atomic E-state index is 0.0615. The standard InChI is InChI=1S/C5H4N4O2S/c10-4(11)1-3-8-9-2-6-7-5(9)12-3/h2H,1H2,(H,10,11). The second-order valence-corrected chi connectivity index (χ2v) is 3.16. The van der Waals surface area contributed by atoms with Crippen molar-refractivity contribution in [1.82, 2.24) is 19.8 Å². The van der Waals surface area contributed by atoms with Crippen LogP contribution in [0.1, 0.15) is 5.01 Å². The fourth-order valence-corrected chi connectivity index (χ4v) is 1.61. The number of hydrogen-bond donors (Lipinski definition) is 1. The van der Waals surface area contributed by atoms with Gasteiger partial charge in [-0.3, -0.25) is 4.79 Å². The normalized spacial score (nSPS) is 10.7. The Morgan fingerprint density at radius 1 is 1.75 bits per heavy atom. The lowest BCUT2D eigenvalue weighted by Gasteiger charge is -1.83. The van der Waals surface area contributed by atoms with E-state index in [0.717, 1.165) is 0 Å². The zero-order valence-corrected chi connectivity index (χ0v) is 6.65. The van der Waals surface area contributed by atoms with Gasteiger partial charge in [-0.2, -0.15) is 9.61 Å². The van der Waals surface area contributed by atoms with E-state index in [9.17, 15) is 4.79 Å². The summed E-state index contributed by atoms with van der Waals surface area (Å²) in [6.45, 7) is 0. The predicted molar refractivity (Wildman–Crippen MR) is 40.0 cm³/mol. The van der Waals surface area contributed by atoms with E-state index in [1.54, 1.807) is 0 Å². The van der Waals surface area contributed by atoms with Crippen LogP contribution < -0.4 is 0 Å². The van der Waals surface area contributed by atoms with Crippen LogP contribution in [0.5, 0.6) is 0 Å². The molecule has 0 saturated heterocycles. The van der Waals surface area contributed by atoms with Gasteiger partial charge in [0.05, 0.1) is 6.42 Å². The fraction of sp³-hybridized carbons (Fsp3) is 0.200. The number of hydrogen-bond acceptors (Lipinski definition) is 5. The van der Waals surface area contributed by atoms with Crippen molar-refractivity contribution in [2.45, 2.75) is 6.42 Å². The lowest BCUT2D eigenvalue weighted by Crippen LogP contribution is -1.99. The molecule has 0 unspecified atom stereocenters. The summed E-state index contributed by atoms with van der Waals surface area (Å²) < 4.78 is 1.46. The Balaban J connectivity index is 2.38. The van der Waals surface area contributed by atoms with E-state index < -0.39 is 5.97 Å². The van der Waals surface area contributed by atoms with Crippen LogP contribution in [0.15, 0.2) is 6.33 Å². The SMILES string of the molecule is O=C(O)Cc1nn2cnnc2s1. The molecule has 0 radical (unpaired) electrons. The minimum Gasteiger partial charge on any atom is -0.481 e. The quantitative estimate of drug-likeness (QED) is 0.699. The molecule has 7 heteroatoms. The summed E-state index contributed by atoms with van der Waals surface area (Å²) in [7, 11) is 0. The third-order valence-corrected chi connectivity index (χ3v) is 2.14. The van der Waals surface area contributed by atoms with Crippen LogP contribution in [-0.2, 0) is 11.2 Å². The van der Waals surface area contributed by atoms with E-state index in [2.05, 4.69) is 15.3 Å². The first kappa shape index (κ1) is 7.17. The zero-order valence-electron chi connectivity index (χ0n) is 5.84. The molecular formula is C5H4N4O2S. The summed E-state index contributed by atoms with van der Waals surface area (Å²) in [5.41, 5.74) is 0. The van der Waals surface area contributed by atoms with Crippen LogP contribution in [-0.4, -0.2) is 30.9 Å². The maximum atomic E-state index is 10.3. The first-order chi connectivity index (χ1) is 5.75. The number of carboxylic acids is 1. The third kappa shape index (κ3) is 1.14. The van der Waals surface area contributed by atoms with Crippen molar-refractivity contribution in [2.75, 3.05) is 0 Å². The van der Waals surface area contributed by atoms with Gasteiger partial charge in [0.2, 0.25) is 4.96 Å². The van der Waals surface area contributed by atoms with Gasteiger partial charge in [-0.15, -0.1) is 10.2 Å². The maximum absolute atomic E-state index is 10.3. The number of carbonyl (C=O) groups is 1. The van der Waals surface area contributed by atoms with E-state index in [4.69, 9.17) is 5.11 Å². The molecule has 2 aromatic heterocycles. The topological polar surface area (TPSA) is 80.4 Å².